The monoisotopic (exact) mass is 407 g/mol. The number of halogens is 3. The fourth-order valence-electron chi connectivity index (χ4n) is 2.91. The summed E-state index contributed by atoms with van der Waals surface area (Å²) >= 11 is 0. The number of hydroxylamine groups is 1. The first-order valence-corrected chi connectivity index (χ1v) is 9.01. The molecule has 0 aliphatic heterocycles. The van der Waals surface area contributed by atoms with Crippen molar-refractivity contribution in [3.8, 4) is 0 Å². The summed E-state index contributed by atoms with van der Waals surface area (Å²) in [5, 5.41) is 8.75. The predicted molar refractivity (Wildman–Crippen MR) is 99.3 cm³/mol. The third kappa shape index (κ3) is 5.33. The second-order valence-corrected chi connectivity index (χ2v) is 6.54. The number of ether oxygens (including phenoxy) is 1. The summed E-state index contributed by atoms with van der Waals surface area (Å²) in [5.41, 5.74) is 3.49. The highest BCUT2D eigenvalue weighted by molar-refractivity contribution is 5.96. The fraction of sp³-hybridized carbons (Fsp3) is 0.300. The Hall–Kier alpha value is -2.91. The molecule has 0 spiro atoms. The van der Waals surface area contributed by atoms with Gasteiger partial charge in [0, 0.05) is 18.7 Å². The SMILES string of the molecule is O=C(NO)c1ccc2ncn(CCCCOCc3ccc(C(F)(F)F)cc3)c2c1. The molecule has 2 aromatic carbocycles. The van der Waals surface area contributed by atoms with E-state index in [0.29, 0.717) is 24.3 Å². The fourth-order valence-corrected chi connectivity index (χ4v) is 2.91. The first kappa shape index (κ1) is 20.8. The zero-order valence-electron chi connectivity index (χ0n) is 15.4. The van der Waals surface area contributed by atoms with E-state index in [2.05, 4.69) is 4.98 Å². The van der Waals surface area contributed by atoms with Crippen molar-refractivity contribution in [3.63, 3.8) is 0 Å². The second kappa shape index (κ2) is 9.06. The zero-order chi connectivity index (χ0) is 20.9. The van der Waals surface area contributed by atoms with Crippen molar-refractivity contribution in [1.29, 1.82) is 0 Å². The molecule has 0 saturated heterocycles. The molecule has 0 radical (unpaired) electrons. The number of unbranched alkanes of at least 4 members (excludes halogenated alkanes) is 1. The van der Waals surface area contributed by atoms with Crippen LogP contribution >= 0.6 is 0 Å². The summed E-state index contributed by atoms with van der Waals surface area (Å²) in [6.07, 6.45) is -1.08. The first-order valence-electron chi connectivity index (χ1n) is 9.01. The van der Waals surface area contributed by atoms with E-state index in [9.17, 15) is 18.0 Å². The average Bonchev–Trinajstić information content (AvgIpc) is 3.12. The summed E-state index contributed by atoms with van der Waals surface area (Å²) in [6, 6.07) is 9.89. The molecule has 3 rings (SSSR count). The van der Waals surface area contributed by atoms with Gasteiger partial charge in [-0.15, -0.1) is 0 Å². The maximum atomic E-state index is 12.5. The lowest BCUT2D eigenvalue weighted by Crippen LogP contribution is -2.18. The van der Waals surface area contributed by atoms with E-state index >= 15 is 0 Å². The molecule has 29 heavy (non-hydrogen) atoms. The van der Waals surface area contributed by atoms with Crippen LogP contribution in [0.3, 0.4) is 0 Å². The van der Waals surface area contributed by atoms with Gasteiger partial charge in [0.15, 0.2) is 0 Å². The van der Waals surface area contributed by atoms with E-state index in [-0.39, 0.29) is 6.61 Å². The first-order chi connectivity index (χ1) is 13.9. The van der Waals surface area contributed by atoms with Crippen molar-refractivity contribution in [2.75, 3.05) is 6.61 Å². The van der Waals surface area contributed by atoms with Crippen molar-refractivity contribution >= 4 is 16.9 Å². The van der Waals surface area contributed by atoms with Gasteiger partial charge in [0.05, 0.1) is 29.5 Å². The minimum absolute atomic E-state index is 0.256. The van der Waals surface area contributed by atoms with Crippen LogP contribution < -0.4 is 5.48 Å². The quantitative estimate of drug-likeness (QED) is 0.334. The van der Waals surface area contributed by atoms with Crippen molar-refractivity contribution < 1.29 is 27.9 Å². The van der Waals surface area contributed by atoms with Crippen LogP contribution in [0, 0.1) is 0 Å². The van der Waals surface area contributed by atoms with Gasteiger partial charge in [-0.3, -0.25) is 10.0 Å². The van der Waals surface area contributed by atoms with Crippen molar-refractivity contribution in [2.45, 2.75) is 32.2 Å². The van der Waals surface area contributed by atoms with Crippen LogP contribution in [0.1, 0.15) is 34.3 Å². The smallest absolute Gasteiger partial charge is 0.377 e. The van der Waals surface area contributed by atoms with Gasteiger partial charge in [-0.1, -0.05) is 12.1 Å². The molecule has 9 heteroatoms. The predicted octanol–water partition coefficient (Wildman–Crippen LogP) is 4.17. The largest absolute Gasteiger partial charge is 0.416 e. The summed E-state index contributed by atoms with van der Waals surface area (Å²) in [4.78, 5) is 15.8. The molecule has 0 fully saturated rings. The molecule has 1 heterocycles. The lowest BCUT2D eigenvalue weighted by Gasteiger charge is -2.09. The number of benzene rings is 2. The van der Waals surface area contributed by atoms with Crippen LogP contribution in [-0.4, -0.2) is 27.3 Å². The molecule has 6 nitrogen and oxygen atoms in total. The Morgan fingerprint density at radius 3 is 2.59 bits per heavy atom. The second-order valence-electron chi connectivity index (χ2n) is 6.54. The van der Waals surface area contributed by atoms with Gasteiger partial charge in [-0.2, -0.15) is 13.2 Å². The maximum Gasteiger partial charge on any atom is 0.416 e. The topological polar surface area (TPSA) is 76.4 Å². The van der Waals surface area contributed by atoms with E-state index < -0.39 is 17.6 Å². The summed E-state index contributed by atoms with van der Waals surface area (Å²) in [6.45, 7) is 1.40. The molecule has 0 aliphatic rings. The van der Waals surface area contributed by atoms with Crippen LogP contribution in [0.15, 0.2) is 48.8 Å². The molecule has 1 amide bonds. The van der Waals surface area contributed by atoms with Crippen LogP contribution in [-0.2, 0) is 24.1 Å². The number of hydrogen-bond acceptors (Lipinski definition) is 4. The molecule has 2 N–H and O–H groups in total. The van der Waals surface area contributed by atoms with Gasteiger partial charge in [-0.25, -0.2) is 10.5 Å². The number of carbonyl (C=O) groups excluding carboxylic acids is 1. The van der Waals surface area contributed by atoms with Gasteiger partial charge in [0.25, 0.3) is 5.91 Å². The molecule has 1 aromatic heterocycles. The minimum atomic E-state index is -4.33. The Bertz CT molecular complexity index is 969. The average molecular weight is 407 g/mol. The number of alkyl halides is 3. The normalized spacial score (nSPS) is 11.7. The number of hydrogen-bond donors (Lipinski definition) is 2. The van der Waals surface area contributed by atoms with E-state index in [4.69, 9.17) is 9.94 Å². The maximum absolute atomic E-state index is 12.5. The third-order valence-corrected chi connectivity index (χ3v) is 4.47. The number of amides is 1. The van der Waals surface area contributed by atoms with Gasteiger partial charge in [-0.05, 0) is 48.7 Å². The van der Waals surface area contributed by atoms with Crippen LogP contribution in [0.5, 0.6) is 0 Å². The molecule has 154 valence electrons. The molecule has 0 bridgehead atoms. The number of carbonyl (C=O) groups is 1. The number of imidazole rings is 1. The number of rotatable bonds is 8. The van der Waals surface area contributed by atoms with Gasteiger partial charge >= 0.3 is 6.18 Å². The number of aromatic nitrogens is 2. The van der Waals surface area contributed by atoms with Crippen LogP contribution in [0.2, 0.25) is 0 Å². The summed E-state index contributed by atoms with van der Waals surface area (Å²) in [7, 11) is 0. The molecule has 0 atom stereocenters. The van der Waals surface area contributed by atoms with E-state index in [1.165, 1.54) is 12.1 Å². The molecule has 0 saturated carbocycles. The van der Waals surface area contributed by atoms with E-state index in [0.717, 1.165) is 36.0 Å². The van der Waals surface area contributed by atoms with E-state index in [1.54, 1.807) is 30.0 Å². The summed E-state index contributed by atoms with van der Waals surface area (Å²) < 4.78 is 45.1. The Morgan fingerprint density at radius 2 is 1.90 bits per heavy atom. The summed E-state index contributed by atoms with van der Waals surface area (Å²) in [5.74, 6) is -0.587. The highest BCUT2D eigenvalue weighted by Crippen LogP contribution is 2.29. The Labute approximate surface area is 164 Å². The van der Waals surface area contributed by atoms with Crippen molar-refractivity contribution in [2.24, 2.45) is 0 Å². The van der Waals surface area contributed by atoms with Crippen molar-refractivity contribution in [3.05, 3.63) is 65.5 Å². The lowest BCUT2D eigenvalue weighted by molar-refractivity contribution is -0.137. The number of fused-ring (bicyclic) bond motifs is 1. The van der Waals surface area contributed by atoms with Crippen LogP contribution in [0.4, 0.5) is 13.2 Å². The van der Waals surface area contributed by atoms with E-state index in [1.807, 2.05) is 4.57 Å². The van der Waals surface area contributed by atoms with Crippen LogP contribution in [0.25, 0.3) is 11.0 Å². The Kier molecular flexibility index (Phi) is 6.50. The standard InChI is InChI=1S/C20H20F3N3O3/c21-20(22,23)16-6-3-14(4-7-16)12-29-10-2-1-9-26-13-24-17-8-5-15(11-18(17)26)19(27)25-28/h3-8,11,13,28H,1-2,9-10,12H2,(H,25,27). The van der Waals surface area contributed by atoms with Gasteiger partial charge in [0.1, 0.15) is 0 Å². The number of aryl methyl sites for hydroxylation is 1. The highest BCUT2D eigenvalue weighted by atomic mass is 19.4. The molecule has 0 unspecified atom stereocenters. The molecular formula is C20H20F3N3O3. The molecular weight excluding hydrogens is 387 g/mol. The van der Waals surface area contributed by atoms with Gasteiger partial charge in [0.2, 0.25) is 0 Å². The third-order valence-electron chi connectivity index (χ3n) is 4.47. The van der Waals surface area contributed by atoms with Gasteiger partial charge < -0.3 is 9.30 Å². The number of nitrogens with one attached hydrogen (secondary N) is 1. The zero-order valence-corrected chi connectivity index (χ0v) is 15.4. The Morgan fingerprint density at radius 1 is 1.14 bits per heavy atom. The van der Waals surface area contributed by atoms with Crippen molar-refractivity contribution in [1.82, 2.24) is 15.0 Å². The highest BCUT2D eigenvalue weighted by Gasteiger charge is 2.29. The molecule has 3 aromatic rings. The minimum Gasteiger partial charge on any atom is -0.377 e. The Balaban J connectivity index is 1.44. The molecule has 0 aliphatic carbocycles. The lowest BCUT2D eigenvalue weighted by atomic mass is 10.1. The number of nitrogens with zero attached hydrogens (tertiary/aromatic N) is 2.